The standard InChI is InChI=1S/C7H2Cl2FIN2/c8-5-2(11)1-3-4(6(5)10)7(9)13-12-3/h1H,(H,12,13). The molecule has 6 heteroatoms. The van der Waals surface area contributed by atoms with Crippen LogP contribution in [0.1, 0.15) is 0 Å². The molecule has 2 rings (SSSR count). The molecular weight excluding hydrogens is 329 g/mol. The average Bonchev–Trinajstić information content (AvgIpc) is 2.43. The summed E-state index contributed by atoms with van der Waals surface area (Å²) in [5, 5.41) is 6.80. The van der Waals surface area contributed by atoms with Crippen molar-refractivity contribution >= 4 is 56.7 Å². The smallest absolute Gasteiger partial charge is 0.155 e. The lowest BCUT2D eigenvalue weighted by Crippen LogP contribution is -1.83. The van der Waals surface area contributed by atoms with Gasteiger partial charge in [-0.05, 0) is 28.7 Å². The number of fused-ring (bicyclic) bond motifs is 1. The van der Waals surface area contributed by atoms with Crippen LogP contribution in [-0.4, -0.2) is 10.2 Å². The summed E-state index contributed by atoms with van der Waals surface area (Å²) < 4.78 is 14.1. The van der Waals surface area contributed by atoms with Crippen LogP contribution in [0.25, 0.3) is 10.9 Å². The Balaban J connectivity index is 2.97. The van der Waals surface area contributed by atoms with Gasteiger partial charge < -0.3 is 0 Å². The summed E-state index contributed by atoms with van der Waals surface area (Å²) in [6.45, 7) is 0. The molecule has 1 heterocycles. The number of aromatic nitrogens is 2. The van der Waals surface area contributed by atoms with Gasteiger partial charge in [-0.1, -0.05) is 23.2 Å². The molecule has 0 amide bonds. The molecule has 68 valence electrons. The summed E-state index contributed by atoms with van der Waals surface area (Å²) in [6.07, 6.45) is 0. The molecule has 0 radical (unpaired) electrons. The summed E-state index contributed by atoms with van der Waals surface area (Å²) in [7, 11) is 0. The predicted molar refractivity (Wildman–Crippen MR) is 58.8 cm³/mol. The van der Waals surface area contributed by atoms with Crippen LogP contribution in [0.2, 0.25) is 10.2 Å². The van der Waals surface area contributed by atoms with E-state index in [4.69, 9.17) is 23.2 Å². The fourth-order valence-electron chi connectivity index (χ4n) is 1.04. The molecule has 0 spiro atoms. The normalized spacial score (nSPS) is 11.1. The Bertz CT molecular complexity index is 483. The van der Waals surface area contributed by atoms with Gasteiger partial charge in [-0.25, -0.2) is 4.39 Å². The second-order valence-electron chi connectivity index (χ2n) is 2.42. The highest BCUT2D eigenvalue weighted by Crippen LogP contribution is 2.31. The lowest BCUT2D eigenvalue weighted by molar-refractivity contribution is 0.639. The number of hydrogen-bond donors (Lipinski definition) is 1. The summed E-state index contributed by atoms with van der Waals surface area (Å²) >= 11 is 13.3. The number of aromatic amines is 1. The number of nitrogens with zero attached hydrogens (tertiary/aromatic N) is 1. The highest BCUT2D eigenvalue weighted by atomic mass is 127. The molecule has 0 unspecified atom stereocenters. The number of halogens is 4. The fourth-order valence-corrected chi connectivity index (χ4v) is 1.95. The molecule has 0 aliphatic carbocycles. The minimum absolute atomic E-state index is 0.0800. The molecule has 2 nitrogen and oxygen atoms in total. The zero-order valence-corrected chi connectivity index (χ0v) is 9.71. The van der Waals surface area contributed by atoms with Crippen LogP contribution in [-0.2, 0) is 0 Å². The predicted octanol–water partition coefficient (Wildman–Crippen LogP) is 3.61. The molecule has 0 bridgehead atoms. The van der Waals surface area contributed by atoms with Crippen LogP contribution in [0.3, 0.4) is 0 Å². The van der Waals surface area contributed by atoms with Gasteiger partial charge in [0, 0.05) is 3.57 Å². The van der Waals surface area contributed by atoms with Crippen LogP contribution < -0.4 is 0 Å². The SMILES string of the molecule is Fc1c(Cl)c(I)cc2n[nH]c(Cl)c12. The van der Waals surface area contributed by atoms with Crippen molar-refractivity contribution in [3.05, 3.63) is 25.6 Å². The maximum absolute atomic E-state index is 13.5. The first-order valence-corrected chi connectivity index (χ1v) is 5.12. The van der Waals surface area contributed by atoms with Gasteiger partial charge in [-0.2, -0.15) is 5.10 Å². The molecule has 0 atom stereocenters. The number of hydrogen-bond acceptors (Lipinski definition) is 1. The quantitative estimate of drug-likeness (QED) is 0.580. The average molecular weight is 331 g/mol. The molecule has 0 aliphatic rings. The van der Waals surface area contributed by atoms with Gasteiger partial charge in [0.2, 0.25) is 0 Å². The third-order valence-corrected chi connectivity index (χ3v) is 3.45. The van der Waals surface area contributed by atoms with Crippen LogP contribution in [0, 0.1) is 9.39 Å². The van der Waals surface area contributed by atoms with E-state index in [1.165, 1.54) is 0 Å². The van der Waals surface area contributed by atoms with Gasteiger partial charge in [0.1, 0.15) is 5.15 Å². The van der Waals surface area contributed by atoms with Crippen molar-refractivity contribution in [2.24, 2.45) is 0 Å². The van der Waals surface area contributed by atoms with E-state index in [1.807, 2.05) is 22.6 Å². The Hall–Kier alpha value is -0.0700. The number of rotatable bonds is 0. The van der Waals surface area contributed by atoms with Crippen molar-refractivity contribution in [2.45, 2.75) is 0 Å². The molecule has 0 saturated carbocycles. The molecule has 0 aliphatic heterocycles. The topological polar surface area (TPSA) is 28.7 Å². The lowest BCUT2D eigenvalue weighted by atomic mass is 10.2. The van der Waals surface area contributed by atoms with Crippen LogP contribution >= 0.6 is 45.8 Å². The highest BCUT2D eigenvalue weighted by molar-refractivity contribution is 14.1. The Labute approximate surface area is 96.5 Å². The van der Waals surface area contributed by atoms with Crippen molar-refractivity contribution < 1.29 is 4.39 Å². The Morgan fingerprint density at radius 1 is 1.46 bits per heavy atom. The van der Waals surface area contributed by atoms with E-state index < -0.39 is 5.82 Å². The summed E-state index contributed by atoms with van der Waals surface area (Å²) in [6, 6.07) is 1.67. The maximum Gasteiger partial charge on any atom is 0.155 e. The second kappa shape index (κ2) is 3.25. The van der Waals surface area contributed by atoms with Gasteiger partial charge in [0.15, 0.2) is 5.82 Å². The van der Waals surface area contributed by atoms with Crippen LogP contribution in [0.15, 0.2) is 6.07 Å². The van der Waals surface area contributed by atoms with Gasteiger partial charge in [0.25, 0.3) is 0 Å². The first kappa shape index (κ1) is 9.48. The molecule has 13 heavy (non-hydrogen) atoms. The summed E-state index contributed by atoms with van der Waals surface area (Å²) in [5.41, 5.74) is 0.483. The molecule has 0 fully saturated rings. The highest BCUT2D eigenvalue weighted by Gasteiger charge is 2.14. The van der Waals surface area contributed by atoms with E-state index in [9.17, 15) is 4.39 Å². The third-order valence-electron chi connectivity index (χ3n) is 1.64. The number of H-pyrrole nitrogens is 1. The Kier molecular flexibility index (Phi) is 2.37. The summed E-state index contributed by atoms with van der Waals surface area (Å²) in [4.78, 5) is 0. The van der Waals surface area contributed by atoms with E-state index in [0.29, 0.717) is 9.09 Å². The van der Waals surface area contributed by atoms with Gasteiger partial charge >= 0.3 is 0 Å². The molecule has 2 aromatic rings. The van der Waals surface area contributed by atoms with Gasteiger partial charge in [-0.15, -0.1) is 0 Å². The van der Waals surface area contributed by atoms with Crippen molar-refractivity contribution in [3.8, 4) is 0 Å². The van der Waals surface area contributed by atoms with Crippen molar-refractivity contribution in [3.63, 3.8) is 0 Å². The Morgan fingerprint density at radius 2 is 2.15 bits per heavy atom. The first-order valence-electron chi connectivity index (χ1n) is 3.28. The minimum Gasteiger partial charge on any atom is -0.266 e. The third kappa shape index (κ3) is 1.41. The van der Waals surface area contributed by atoms with Crippen LogP contribution in [0.4, 0.5) is 4.39 Å². The largest absolute Gasteiger partial charge is 0.266 e. The van der Waals surface area contributed by atoms with Crippen molar-refractivity contribution in [2.75, 3.05) is 0 Å². The van der Waals surface area contributed by atoms with Gasteiger partial charge in [0.05, 0.1) is 15.9 Å². The monoisotopic (exact) mass is 330 g/mol. The molecular formula is C7H2Cl2FIN2. The van der Waals surface area contributed by atoms with Gasteiger partial charge in [-0.3, -0.25) is 5.10 Å². The van der Waals surface area contributed by atoms with E-state index in [2.05, 4.69) is 10.2 Å². The minimum atomic E-state index is -0.526. The number of benzene rings is 1. The van der Waals surface area contributed by atoms with Crippen molar-refractivity contribution in [1.82, 2.24) is 10.2 Å². The Morgan fingerprint density at radius 3 is 2.85 bits per heavy atom. The second-order valence-corrected chi connectivity index (χ2v) is 4.34. The molecule has 1 aromatic heterocycles. The van der Waals surface area contributed by atoms with E-state index >= 15 is 0 Å². The molecule has 1 aromatic carbocycles. The maximum atomic E-state index is 13.5. The number of nitrogens with one attached hydrogen (secondary N) is 1. The van der Waals surface area contributed by atoms with Crippen LogP contribution in [0.5, 0.6) is 0 Å². The first-order chi connectivity index (χ1) is 6.11. The lowest BCUT2D eigenvalue weighted by Gasteiger charge is -1.98. The molecule has 0 saturated heterocycles. The van der Waals surface area contributed by atoms with E-state index in [1.54, 1.807) is 6.07 Å². The van der Waals surface area contributed by atoms with Crippen molar-refractivity contribution in [1.29, 1.82) is 0 Å². The van der Waals surface area contributed by atoms with E-state index in [-0.39, 0.29) is 15.6 Å². The zero-order valence-electron chi connectivity index (χ0n) is 6.04. The molecule has 1 N–H and O–H groups in total. The summed E-state index contributed by atoms with van der Waals surface area (Å²) in [5.74, 6) is -0.526. The fraction of sp³-hybridized carbons (Fsp3) is 0. The zero-order chi connectivity index (χ0) is 9.59. The van der Waals surface area contributed by atoms with E-state index in [0.717, 1.165) is 0 Å².